The van der Waals surface area contributed by atoms with Gasteiger partial charge in [0.25, 0.3) is 5.91 Å². The van der Waals surface area contributed by atoms with Gasteiger partial charge in [0.05, 0.1) is 24.2 Å². The summed E-state index contributed by atoms with van der Waals surface area (Å²) in [7, 11) is -1.88. The quantitative estimate of drug-likeness (QED) is 0.792. The summed E-state index contributed by atoms with van der Waals surface area (Å²) in [6.45, 7) is 1.17. The van der Waals surface area contributed by atoms with E-state index < -0.39 is 28.5 Å². The predicted octanol–water partition coefficient (Wildman–Crippen LogP) is 0.737. The number of esters is 1. The van der Waals surface area contributed by atoms with Crippen LogP contribution in [0.4, 0.5) is 11.4 Å². The van der Waals surface area contributed by atoms with E-state index in [1.54, 1.807) is 12.1 Å². The van der Waals surface area contributed by atoms with Crippen LogP contribution in [0.15, 0.2) is 18.2 Å². The molecule has 23 heavy (non-hydrogen) atoms. The van der Waals surface area contributed by atoms with Crippen LogP contribution in [0.1, 0.15) is 13.3 Å². The number of carbonyl (C=O) groups is 2. The molecule has 2 rings (SSSR count). The Bertz CT molecular complexity index is 716. The Kier molecular flexibility index (Phi) is 5.09. The van der Waals surface area contributed by atoms with Crippen molar-refractivity contribution in [2.24, 2.45) is 0 Å². The van der Waals surface area contributed by atoms with Gasteiger partial charge in [0.2, 0.25) is 10.0 Å². The van der Waals surface area contributed by atoms with Crippen molar-refractivity contribution in [1.29, 1.82) is 0 Å². The van der Waals surface area contributed by atoms with Gasteiger partial charge < -0.3 is 14.8 Å². The summed E-state index contributed by atoms with van der Waals surface area (Å²) in [4.78, 5) is 22.5. The van der Waals surface area contributed by atoms with Crippen LogP contribution in [-0.4, -0.2) is 46.3 Å². The summed E-state index contributed by atoms with van der Waals surface area (Å²) in [5.74, 6) is -0.627. The van der Waals surface area contributed by atoms with Crippen molar-refractivity contribution < 1.29 is 27.5 Å². The van der Waals surface area contributed by atoms with Crippen LogP contribution < -0.4 is 14.4 Å². The lowest BCUT2D eigenvalue weighted by molar-refractivity contribution is -0.144. The van der Waals surface area contributed by atoms with Crippen LogP contribution in [0, 0.1) is 0 Å². The van der Waals surface area contributed by atoms with Crippen LogP contribution in [0.5, 0.6) is 5.75 Å². The van der Waals surface area contributed by atoms with E-state index in [0.717, 1.165) is 0 Å². The monoisotopic (exact) mass is 342 g/mol. The number of nitrogens with zero attached hydrogens (tertiary/aromatic N) is 1. The maximum absolute atomic E-state index is 12.0. The highest BCUT2D eigenvalue weighted by molar-refractivity contribution is 7.93. The van der Waals surface area contributed by atoms with Gasteiger partial charge in [0.1, 0.15) is 5.75 Å². The molecule has 0 aromatic heterocycles. The molecule has 0 spiro atoms. The Morgan fingerprint density at radius 1 is 1.35 bits per heavy atom. The highest BCUT2D eigenvalue weighted by Crippen LogP contribution is 2.32. The van der Waals surface area contributed by atoms with Crippen molar-refractivity contribution in [3.05, 3.63) is 18.2 Å². The Hall–Kier alpha value is -2.29. The number of sulfonamides is 1. The fraction of sp³-hybridized carbons (Fsp3) is 0.429. The van der Waals surface area contributed by atoms with Crippen molar-refractivity contribution in [1.82, 2.24) is 0 Å². The molecule has 1 aliphatic heterocycles. The van der Waals surface area contributed by atoms with Gasteiger partial charge >= 0.3 is 5.97 Å². The van der Waals surface area contributed by atoms with E-state index in [1.807, 2.05) is 0 Å². The molecule has 9 heteroatoms. The molecule has 1 fully saturated rings. The molecule has 1 saturated heterocycles. The van der Waals surface area contributed by atoms with E-state index in [2.05, 4.69) is 10.1 Å². The van der Waals surface area contributed by atoms with Crippen molar-refractivity contribution >= 4 is 33.3 Å². The van der Waals surface area contributed by atoms with Gasteiger partial charge in [0.15, 0.2) is 6.61 Å². The molecule has 0 aliphatic carbocycles. The highest BCUT2D eigenvalue weighted by Gasteiger charge is 2.29. The van der Waals surface area contributed by atoms with E-state index in [4.69, 9.17) is 4.74 Å². The van der Waals surface area contributed by atoms with Crippen LogP contribution >= 0.6 is 0 Å². The third-order valence-electron chi connectivity index (χ3n) is 3.25. The minimum atomic E-state index is -3.32. The molecule has 0 unspecified atom stereocenters. The lowest BCUT2D eigenvalue weighted by atomic mass is 10.2. The Balaban J connectivity index is 2.22. The molecule has 1 heterocycles. The number of amides is 1. The number of anilines is 2. The number of nitrogens with one attached hydrogen (secondary N) is 1. The zero-order valence-corrected chi connectivity index (χ0v) is 13.7. The molecular weight excluding hydrogens is 324 g/mol. The van der Waals surface area contributed by atoms with Gasteiger partial charge in [0, 0.05) is 13.5 Å². The molecule has 0 bridgehead atoms. The Morgan fingerprint density at radius 2 is 2.09 bits per heavy atom. The summed E-state index contributed by atoms with van der Waals surface area (Å²) < 4.78 is 35.0. The average molecular weight is 342 g/mol. The lowest BCUT2D eigenvalue weighted by Gasteiger charge is -2.19. The van der Waals surface area contributed by atoms with Gasteiger partial charge in [-0.05, 0) is 24.6 Å². The second-order valence-electron chi connectivity index (χ2n) is 4.95. The minimum absolute atomic E-state index is 0.104. The molecule has 1 aliphatic rings. The van der Waals surface area contributed by atoms with Crippen molar-refractivity contribution in [3.8, 4) is 5.75 Å². The molecule has 1 aromatic rings. The number of hydrogen-bond donors (Lipinski definition) is 1. The molecule has 1 N–H and O–H groups in total. The summed E-state index contributed by atoms with van der Waals surface area (Å²) >= 11 is 0. The third-order valence-corrected chi connectivity index (χ3v) is 5.12. The first-order valence-electron chi connectivity index (χ1n) is 6.95. The molecule has 0 radical (unpaired) electrons. The first-order valence-corrected chi connectivity index (χ1v) is 8.56. The molecular formula is C14H18N2O6S. The summed E-state index contributed by atoms with van der Waals surface area (Å²) in [5, 5.41) is 2.55. The highest BCUT2D eigenvalue weighted by atomic mass is 32.2. The predicted molar refractivity (Wildman–Crippen MR) is 84.0 cm³/mol. The van der Waals surface area contributed by atoms with E-state index in [1.165, 1.54) is 24.4 Å². The second kappa shape index (κ2) is 6.86. The minimum Gasteiger partial charge on any atom is -0.495 e. The van der Waals surface area contributed by atoms with E-state index >= 15 is 0 Å². The summed E-state index contributed by atoms with van der Waals surface area (Å²) in [6, 6.07) is 4.71. The normalized spacial score (nSPS) is 16.0. The number of carbonyl (C=O) groups excluding carboxylic acids is 2. The number of rotatable bonds is 5. The van der Waals surface area contributed by atoms with Crippen LogP contribution in [0.25, 0.3) is 0 Å². The molecule has 1 aromatic carbocycles. The summed E-state index contributed by atoms with van der Waals surface area (Å²) in [6.07, 6.45) is 0.558. The number of hydrogen-bond acceptors (Lipinski definition) is 6. The standard InChI is InChI=1S/C14H18N2O6S/c1-10(17)22-9-14(18)15-12-8-11(4-5-13(12)21-2)16-6-3-7-23(16,19)20/h4-5,8H,3,6-7,9H2,1-2H3,(H,15,18). The Labute approximate surface area is 134 Å². The first-order chi connectivity index (χ1) is 10.8. The summed E-state index contributed by atoms with van der Waals surface area (Å²) in [5.41, 5.74) is 0.760. The van der Waals surface area contributed by atoms with E-state index in [-0.39, 0.29) is 5.75 Å². The molecule has 1 amide bonds. The maximum Gasteiger partial charge on any atom is 0.303 e. The van der Waals surface area contributed by atoms with Gasteiger partial charge in [-0.15, -0.1) is 0 Å². The molecule has 0 saturated carbocycles. The first kappa shape index (κ1) is 17.1. The van der Waals surface area contributed by atoms with Crippen molar-refractivity contribution in [3.63, 3.8) is 0 Å². The van der Waals surface area contributed by atoms with Gasteiger partial charge in [-0.2, -0.15) is 0 Å². The van der Waals surface area contributed by atoms with Gasteiger partial charge in [-0.3, -0.25) is 13.9 Å². The average Bonchev–Trinajstić information content (AvgIpc) is 2.84. The molecule has 8 nitrogen and oxygen atoms in total. The largest absolute Gasteiger partial charge is 0.495 e. The molecule has 0 atom stereocenters. The number of benzene rings is 1. The second-order valence-corrected chi connectivity index (χ2v) is 6.97. The van der Waals surface area contributed by atoms with Crippen LogP contribution in [-0.2, 0) is 24.3 Å². The number of ether oxygens (including phenoxy) is 2. The van der Waals surface area contributed by atoms with Crippen molar-refractivity contribution in [2.75, 3.05) is 35.6 Å². The topological polar surface area (TPSA) is 102 Å². The Morgan fingerprint density at radius 3 is 2.65 bits per heavy atom. The zero-order chi connectivity index (χ0) is 17.0. The third kappa shape index (κ3) is 4.13. The number of methoxy groups -OCH3 is 1. The lowest BCUT2D eigenvalue weighted by Crippen LogP contribution is -2.25. The maximum atomic E-state index is 12.0. The van der Waals surface area contributed by atoms with E-state index in [9.17, 15) is 18.0 Å². The fourth-order valence-electron chi connectivity index (χ4n) is 2.23. The van der Waals surface area contributed by atoms with Crippen LogP contribution in [0.2, 0.25) is 0 Å². The van der Waals surface area contributed by atoms with Crippen LogP contribution in [0.3, 0.4) is 0 Å². The van der Waals surface area contributed by atoms with E-state index in [0.29, 0.717) is 30.1 Å². The fourth-order valence-corrected chi connectivity index (χ4v) is 3.79. The van der Waals surface area contributed by atoms with Gasteiger partial charge in [-0.25, -0.2) is 8.42 Å². The van der Waals surface area contributed by atoms with Crippen molar-refractivity contribution in [2.45, 2.75) is 13.3 Å². The SMILES string of the molecule is COc1ccc(N2CCCS2(=O)=O)cc1NC(=O)COC(C)=O. The smallest absolute Gasteiger partial charge is 0.303 e. The zero-order valence-electron chi connectivity index (χ0n) is 12.9. The molecule has 126 valence electrons. The van der Waals surface area contributed by atoms with Gasteiger partial charge in [-0.1, -0.05) is 0 Å².